The van der Waals surface area contributed by atoms with Gasteiger partial charge in [-0.05, 0) is 12.5 Å². The number of nitrogens with two attached hydrogens (primary N) is 1. The third-order valence-electron chi connectivity index (χ3n) is 1.71. The number of rotatable bonds is 2. The lowest BCUT2D eigenvalue weighted by Gasteiger charge is -2.07. The van der Waals surface area contributed by atoms with E-state index in [2.05, 4.69) is 4.98 Å². The third kappa shape index (κ3) is 1.63. The summed E-state index contributed by atoms with van der Waals surface area (Å²) in [5, 5.41) is 0. The zero-order valence-electron chi connectivity index (χ0n) is 6.92. The summed E-state index contributed by atoms with van der Waals surface area (Å²) in [6.45, 7) is 1.59. The Labute approximate surface area is 73.6 Å². The molecular formula is C8H8F2N2O. The first-order valence-corrected chi connectivity index (χ1v) is 3.56. The van der Waals surface area contributed by atoms with Crippen molar-refractivity contribution < 1.29 is 13.6 Å². The first kappa shape index (κ1) is 9.57. The number of aryl methyl sites for hydroxylation is 1. The van der Waals surface area contributed by atoms with Crippen LogP contribution in [0.2, 0.25) is 0 Å². The van der Waals surface area contributed by atoms with E-state index in [1.165, 1.54) is 6.20 Å². The first-order valence-electron chi connectivity index (χ1n) is 3.56. The summed E-state index contributed by atoms with van der Waals surface area (Å²) in [7, 11) is 0. The fraction of sp³-hybridized carbons (Fsp3) is 0.250. The SMILES string of the molecule is Cc1cnc(C(F)F)c(N)c1C=O. The van der Waals surface area contributed by atoms with Crippen molar-refractivity contribution in [2.75, 3.05) is 5.73 Å². The van der Waals surface area contributed by atoms with Crippen LogP contribution in [0.25, 0.3) is 0 Å². The average Bonchev–Trinajstić information content (AvgIpc) is 2.04. The van der Waals surface area contributed by atoms with Gasteiger partial charge in [-0.2, -0.15) is 0 Å². The molecule has 0 aliphatic heterocycles. The standard InChI is InChI=1S/C8H8F2N2O/c1-4-2-12-7(8(9)10)6(11)5(4)3-13/h2-3,8H,11H2,1H3. The minimum Gasteiger partial charge on any atom is -0.396 e. The molecule has 0 radical (unpaired) electrons. The molecule has 1 heterocycles. The number of anilines is 1. The second kappa shape index (κ2) is 3.47. The van der Waals surface area contributed by atoms with Crippen molar-refractivity contribution in [1.82, 2.24) is 4.98 Å². The van der Waals surface area contributed by atoms with Crippen LogP contribution in [0.4, 0.5) is 14.5 Å². The zero-order chi connectivity index (χ0) is 10.0. The predicted molar refractivity (Wildman–Crippen MR) is 43.7 cm³/mol. The monoisotopic (exact) mass is 186 g/mol. The zero-order valence-corrected chi connectivity index (χ0v) is 6.92. The van der Waals surface area contributed by atoms with Crippen LogP contribution in [-0.4, -0.2) is 11.3 Å². The molecule has 0 fully saturated rings. The van der Waals surface area contributed by atoms with Crippen molar-refractivity contribution in [3.63, 3.8) is 0 Å². The number of pyridine rings is 1. The normalized spacial score (nSPS) is 10.5. The van der Waals surface area contributed by atoms with Crippen molar-refractivity contribution in [3.05, 3.63) is 23.0 Å². The van der Waals surface area contributed by atoms with Crippen LogP contribution in [0, 0.1) is 6.92 Å². The second-order valence-electron chi connectivity index (χ2n) is 2.57. The summed E-state index contributed by atoms with van der Waals surface area (Å²) >= 11 is 0. The molecule has 13 heavy (non-hydrogen) atoms. The van der Waals surface area contributed by atoms with Crippen LogP contribution in [-0.2, 0) is 0 Å². The number of alkyl halides is 2. The van der Waals surface area contributed by atoms with E-state index in [1.54, 1.807) is 6.92 Å². The summed E-state index contributed by atoms with van der Waals surface area (Å²) in [5.41, 5.74) is 5.14. The number of aldehydes is 1. The van der Waals surface area contributed by atoms with Gasteiger partial charge in [-0.3, -0.25) is 9.78 Å². The number of hydrogen-bond donors (Lipinski definition) is 1. The van der Waals surface area contributed by atoms with Gasteiger partial charge in [0.15, 0.2) is 6.29 Å². The van der Waals surface area contributed by atoms with Crippen molar-refractivity contribution >= 4 is 12.0 Å². The van der Waals surface area contributed by atoms with E-state index >= 15 is 0 Å². The Morgan fingerprint density at radius 1 is 1.62 bits per heavy atom. The van der Waals surface area contributed by atoms with Gasteiger partial charge in [0, 0.05) is 11.8 Å². The number of aromatic nitrogens is 1. The topological polar surface area (TPSA) is 56.0 Å². The second-order valence-corrected chi connectivity index (χ2v) is 2.57. The third-order valence-corrected chi connectivity index (χ3v) is 1.71. The van der Waals surface area contributed by atoms with E-state index in [-0.39, 0.29) is 11.3 Å². The van der Waals surface area contributed by atoms with Gasteiger partial charge in [-0.15, -0.1) is 0 Å². The largest absolute Gasteiger partial charge is 0.396 e. The van der Waals surface area contributed by atoms with Crippen LogP contribution in [0.3, 0.4) is 0 Å². The molecule has 0 saturated heterocycles. The molecule has 0 aliphatic rings. The molecule has 3 nitrogen and oxygen atoms in total. The number of nitrogen functional groups attached to an aromatic ring is 1. The molecule has 2 N–H and O–H groups in total. The van der Waals surface area contributed by atoms with E-state index in [1.807, 2.05) is 0 Å². The maximum absolute atomic E-state index is 12.2. The number of nitrogens with zero attached hydrogens (tertiary/aromatic N) is 1. The predicted octanol–water partition coefficient (Wildman–Crippen LogP) is 1.72. The molecule has 0 saturated carbocycles. The average molecular weight is 186 g/mol. The van der Waals surface area contributed by atoms with Gasteiger partial charge in [0.25, 0.3) is 6.43 Å². The van der Waals surface area contributed by atoms with Crippen LogP contribution in [0.15, 0.2) is 6.20 Å². The Kier molecular flexibility index (Phi) is 2.55. The van der Waals surface area contributed by atoms with E-state index in [4.69, 9.17) is 5.73 Å². The molecular weight excluding hydrogens is 178 g/mol. The van der Waals surface area contributed by atoms with Crippen molar-refractivity contribution in [3.8, 4) is 0 Å². The highest BCUT2D eigenvalue weighted by atomic mass is 19.3. The van der Waals surface area contributed by atoms with Crippen LogP contribution < -0.4 is 5.73 Å². The molecule has 0 aliphatic carbocycles. The van der Waals surface area contributed by atoms with Gasteiger partial charge >= 0.3 is 0 Å². The smallest absolute Gasteiger partial charge is 0.282 e. The quantitative estimate of drug-likeness (QED) is 0.715. The van der Waals surface area contributed by atoms with E-state index in [0.29, 0.717) is 11.8 Å². The molecule has 70 valence electrons. The minimum atomic E-state index is -2.75. The summed E-state index contributed by atoms with van der Waals surface area (Å²) < 4.78 is 24.4. The Hall–Kier alpha value is -1.52. The van der Waals surface area contributed by atoms with Crippen molar-refractivity contribution in [2.24, 2.45) is 0 Å². The molecule has 0 atom stereocenters. The Balaban J connectivity index is 3.35. The molecule has 0 bridgehead atoms. The summed E-state index contributed by atoms with van der Waals surface area (Å²) in [6.07, 6.45) is -1.08. The van der Waals surface area contributed by atoms with Crippen LogP contribution >= 0.6 is 0 Å². The molecule has 1 aromatic heterocycles. The van der Waals surface area contributed by atoms with E-state index in [0.717, 1.165) is 0 Å². The summed E-state index contributed by atoms with van der Waals surface area (Å²) in [6, 6.07) is 0. The minimum absolute atomic E-state index is 0.0882. The molecule has 0 aromatic carbocycles. The van der Waals surface area contributed by atoms with Crippen LogP contribution in [0.5, 0.6) is 0 Å². The van der Waals surface area contributed by atoms with E-state index < -0.39 is 12.1 Å². The highest BCUT2D eigenvalue weighted by Gasteiger charge is 2.16. The van der Waals surface area contributed by atoms with Crippen LogP contribution in [0.1, 0.15) is 28.0 Å². The van der Waals surface area contributed by atoms with Crippen molar-refractivity contribution in [2.45, 2.75) is 13.3 Å². The Morgan fingerprint density at radius 3 is 2.69 bits per heavy atom. The number of hydrogen-bond acceptors (Lipinski definition) is 3. The lowest BCUT2D eigenvalue weighted by atomic mass is 10.1. The number of carbonyl (C=O) groups is 1. The molecule has 5 heteroatoms. The fourth-order valence-electron chi connectivity index (χ4n) is 0.986. The van der Waals surface area contributed by atoms with Gasteiger partial charge in [0.2, 0.25) is 0 Å². The summed E-state index contributed by atoms with van der Waals surface area (Å²) in [5.74, 6) is 0. The van der Waals surface area contributed by atoms with Crippen molar-refractivity contribution in [1.29, 1.82) is 0 Å². The van der Waals surface area contributed by atoms with Gasteiger partial charge in [0.1, 0.15) is 5.69 Å². The lowest BCUT2D eigenvalue weighted by molar-refractivity contribution is 0.112. The Bertz CT molecular complexity index is 339. The number of halogens is 2. The van der Waals surface area contributed by atoms with E-state index in [9.17, 15) is 13.6 Å². The first-order chi connectivity index (χ1) is 6.07. The highest BCUT2D eigenvalue weighted by Crippen LogP contribution is 2.25. The lowest BCUT2D eigenvalue weighted by Crippen LogP contribution is -2.04. The van der Waals surface area contributed by atoms with Gasteiger partial charge in [-0.1, -0.05) is 0 Å². The Morgan fingerprint density at radius 2 is 2.23 bits per heavy atom. The maximum Gasteiger partial charge on any atom is 0.282 e. The van der Waals surface area contributed by atoms with Gasteiger partial charge in [0.05, 0.1) is 5.69 Å². The van der Waals surface area contributed by atoms with Gasteiger partial charge < -0.3 is 5.73 Å². The number of carbonyl (C=O) groups excluding carboxylic acids is 1. The molecule has 0 unspecified atom stereocenters. The molecule has 1 rings (SSSR count). The molecule has 1 aromatic rings. The fourth-order valence-corrected chi connectivity index (χ4v) is 0.986. The molecule has 0 amide bonds. The molecule has 0 spiro atoms. The maximum atomic E-state index is 12.2. The van der Waals surface area contributed by atoms with Gasteiger partial charge in [-0.25, -0.2) is 8.78 Å². The summed E-state index contributed by atoms with van der Waals surface area (Å²) in [4.78, 5) is 13.9. The highest BCUT2D eigenvalue weighted by molar-refractivity contribution is 5.85.